The summed E-state index contributed by atoms with van der Waals surface area (Å²) in [5.41, 5.74) is 3.57. The molecule has 1 saturated heterocycles. The van der Waals surface area contributed by atoms with E-state index < -0.39 is 23.5 Å². The van der Waals surface area contributed by atoms with E-state index in [1.54, 1.807) is 31.0 Å². The molecule has 4 aromatic rings. The van der Waals surface area contributed by atoms with Gasteiger partial charge in [-0.2, -0.15) is 0 Å². The normalized spacial score (nSPS) is 15.6. The lowest BCUT2D eigenvalue weighted by Crippen LogP contribution is -2.59. The number of aromatic nitrogens is 2. The molecule has 12 heteroatoms. The maximum Gasteiger partial charge on any atom is 0.247 e. The largest absolute Gasteiger partial charge is 0.494 e. The molecule has 3 atom stereocenters. The number of ether oxygens (including phenoxy) is 1. The molecule has 0 saturated carbocycles. The Morgan fingerprint density at radius 3 is 2.31 bits per heavy atom. The second-order valence-corrected chi connectivity index (χ2v) is 12.9. The van der Waals surface area contributed by atoms with Gasteiger partial charge in [-0.25, -0.2) is 9.97 Å². The van der Waals surface area contributed by atoms with E-state index in [0.29, 0.717) is 47.5 Å². The molecule has 3 amide bonds. The molecule has 1 aliphatic rings. The highest BCUT2D eigenvalue weighted by Crippen LogP contribution is 2.34. The highest BCUT2D eigenvalue weighted by Gasteiger charge is 2.42. The second-order valence-electron chi connectivity index (χ2n) is 12.9. The van der Waals surface area contributed by atoms with E-state index in [1.165, 1.54) is 13.4 Å². The molecule has 1 aromatic heterocycles. The van der Waals surface area contributed by atoms with Gasteiger partial charge in [0.25, 0.3) is 0 Å². The van der Waals surface area contributed by atoms with E-state index in [1.807, 2.05) is 63.2 Å². The third-order valence-corrected chi connectivity index (χ3v) is 8.53. The minimum atomic E-state index is -0.804. The summed E-state index contributed by atoms with van der Waals surface area (Å²) in [6, 6.07) is 19.8. The van der Waals surface area contributed by atoms with Gasteiger partial charge >= 0.3 is 0 Å². The minimum Gasteiger partial charge on any atom is -0.494 e. The van der Waals surface area contributed by atoms with Crippen molar-refractivity contribution in [3.05, 3.63) is 73.1 Å². The highest BCUT2D eigenvalue weighted by molar-refractivity contribution is 6.03. The number of nitrogens with one attached hydrogen (secondary N) is 4. The van der Waals surface area contributed by atoms with E-state index in [-0.39, 0.29) is 30.1 Å². The number of halogens is 1. The highest BCUT2D eigenvalue weighted by atomic mass is 35.5. The number of likely N-dealkylation sites (N-methyl/N-ethyl adjacent to an activating group) is 1. The molecule has 1 aliphatic heterocycles. The number of nitrogens with zero attached hydrogens (tertiary/aromatic N) is 3. The van der Waals surface area contributed by atoms with Crippen molar-refractivity contribution < 1.29 is 19.1 Å². The molecule has 0 aliphatic carbocycles. The van der Waals surface area contributed by atoms with Gasteiger partial charge in [0.1, 0.15) is 30.0 Å². The number of hydrogen-bond donors (Lipinski definition) is 4. The van der Waals surface area contributed by atoms with Crippen LogP contribution in [0.4, 0.5) is 17.2 Å². The average Bonchev–Trinajstić information content (AvgIpc) is 3.57. The van der Waals surface area contributed by atoms with E-state index in [9.17, 15) is 14.4 Å². The van der Waals surface area contributed by atoms with Crippen molar-refractivity contribution >= 4 is 58.2 Å². The topological polar surface area (TPSA) is 138 Å². The quantitative estimate of drug-likeness (QED) is 0.172. The summed E-state index contributed by atoms with van der Waals surface area (Å²) in [4.78, 5) is 50.9. The third kappa shape index (κ3) is 8.03. The van der Waals surface area contributed by atoms with Gasteiger partial charge in [0.15, 0.2) is 0 Å². The average molecular weight is 674 g/mol. The summed E-state index contributed by atoms with van der Waals surface area (Å²) in [6.45, 7) is 7.85. The van der Waals surface area contributed by atoms with Crippen molar-refractivity contribution in [2.24, 2.45) is 5.41 Å². The van der Waals surface area contributed by atoms with Gasteiger partial charge in [-0.05, 0) is 61.6 Å². The number of carbonyl (C=O) groups is 3. The summed E-state index contributed by atoms with van der Waals surface area (Å²) in [5.74, 6) is 0.104. The maximum absolute atomic E-state index is 13.9. The second kappa shape index (κ2) is 15.4. The van der Waals surface area contributed by atoms with Crippen LogP contribution < -0.4 is 26.0 Å². The molecule has 254 valence electrons. The van der Waals surface area contributed by atoms with Crippen molar-refractivity contribution in [1.29, 1.82) is 0 Å². The van der Waals surface area contributed by atoms with E-state index in [2.05, 4.69) is 43.4 Å². The van der Waals surface area contributed by atoms with Crippen LogP contribution in [0, 0.1) is 5.41 Å². The zero-order chi connectivity index (χ0) is 33.7. The lowest BCUT2D eigenvalue weighted by molar-refractivity contribution is -0.143. The Morgan fingerprint density at radius 2 is 1.67 bits per heavy atom. The molecule has 48 heavy (non-hydrogen) atoms. The van der Waals surface area contributed by atoms with Crippen molar-refractivity contribution in [3.63, 3.8) is 0 Å². The first-order chi connectivity index (χ1) is 22.5. The van der Waals surface area contributed by atoms with Gasteiger partial charge in [0.2, 0.25) is 17.7 Å². The molecule has 11 nitrogen and oxygen atoms in total. The van der Waals surface area contributed by atoms with Gasteiger partial charge in [0, 0.05) is 23.7 Å². The zero-order valence-corrected chi connectivity index (χ0v) is 29.0. The molecule has 1 fully saturated rings. The number of carbonyl (C=O) groups excluding carboxylic acids is 3. The fourth-order valence-corrected chi connectivity index (χ4v) is 5.70. The number of anilines is 3. The molecule has 0 radical (unpaired) electrons. The van der Waals surface area contributed by atoms with Gasteiger partial charge in [-0.1, -0.05) is 63.2 Å². The molecule has 3 aromatic carbocycles. The minimum absolute atomic E-state index is 0. The van der Waals surface area contributed by atoms with Crippen molar-refractivity contribution in [2.45, 2.75) is 58.7 Å². The monoisotopic (exact) mass is 673 g/mol. The first-order valence-corrected chi connectivity index (χ1v) is 15.8. The molecular formula is C36H44ClN7O4. The molecule has 0 spiro atoms. The van der Waals surface area contributed by atoms with Crippen LogP contribution in [0.25, 0.3) is 22.0 Å². The Hall–Kier alpha value is -4.74. The number of amides is 3. The van der Waals surface area contributed by atoms with Crippen LogP contribution >= 0.6 is 12.4 Å². The van der Waals surface area contributed by atoms with Crippen LogP contribution in [0.5, 0.6) is 5.75 Å². The Kier molecular flexibility index (Phi) is 11.6. The third-order valence-electron chi connectivity index (χ3n) is 8.53. The van der Waals surface area contributed by atoms with Gasteiger partial charge < -0.3 is 30.9 Å². The molecule has 0 bridgehead atoms. The van der Waals surface area contributed by atoms with Gasteiger partial charge in [0.05, 0.1) is 24.4 Å². The summed E-state index contributed by atoms with van der Waals surface area (Å²) in [5, 5.41) is 12.9. The SMILES string of the molecule is CN[C@@H](C)C(=O)N[C@H](C(=O)N1CCCC1C(=O)Nc1cc2c(Nc3ccc(-c4ccccc4)cc3)ncnc2cc1OC)C(C)(C)C.Cl. The summed E-state index contributed by atoms with van der Waals surface area (Å²) >= 11 is 0. The number of benzene rings is 3. The van der Waals surface area contributed by atoms with Crippen LogP contribution in [-0.2, 0) is 14.4 Å². The smallest absolute Gasteiger partial charge is 0.247 e. The maximum atomic E-state index is 13.9. The number of methoxy groups -OCH3 is 1. The van der Waals surface area contributed by atoms with Crippen molar-refractivity contribution in [3.8, 4) is 16.9 Å². The number of fused-ring (bicyclic) bond motifs is 1. The van der Waals surface area contributed by atoms with Crippen molar-refractivity contribution in [1.82, 2.24) is 25.5 Å². The first-order valence-electron chi connectivity index (χ1n) is 15.8. The molecule has 4 N–H and O–H groups in total. The van der Waals surface area contributed by atoms with Crippen LogP contribution in [0.3, 0.4) is 0 Å². The van der Waals surface area contributed by atoms with Crippen LogP contribution in [0.15, 0.2) is 73.1 Å². The van der Waals surface area contributed by atoms with Gasteiger partial charge in [-0.15, -0.1) is 12.4 Å². The summed E-state index contributed by atoms with van der Waals surface area (Å²) in [7, 11) is 3.22. The van der Waals surface area contributed by atoms with Crippen molar-refractivity contribution in [2.75, 3.05) is 31.3 Å². The molecule has 1 unspecified atom stereocenters. The summed E-state index contributed by atoms with van der Waals surface area (Å²) in [6.07, 6.45) is 2.64. The van der Waals surface area contributed by atoms with E-state index in [4.69, 9.17) is 4.74 Å². The fraction of sp³-hybridized carbons (Fsp3) is 0.361. The van der Waals surface area contributed by atoms with Crippen LogP contribution in [0.1, 0.15) is 40.5 Å². The lowest BCUT2D eigenvalue weighted by Gasteiger charge is -2.36. The number of rotatable bonds is 10. The molecular weight excluding hydrogens is 630 g/mol. The Morgan fingerprint density at radius 1 is 0.979 bits per heavy atom. The van der Waals surface area contributed by atoms with Crippen LogP contribution in [0.2, 0.25) is 0 Å². The van der Waals surface area contributed by atoms with Crippen LogP contribution in [-0.4, -0.2) is 71.4 Å². The fourth-order valence-electron chi connectivity index (χ4n) is 5.70. The number of hydrogen-bond acceptors (Lipinski definition) is 8. The molecule has 5 rings (SSSR count). The van der Waals surface area contributed by atoms with Gasteiger partial charge in [-0.3, -0.25) is 14.4 Å². The molecule has 2 heterocycles. The zero-order valence-electron chi connectivity index (χ0n) is 28.2. The predicted molar refractivity (Wildman–Crippen MR) is 192 cm³/mol. The van der Waals surface area contributed by atoms with E-state index >= 15 is 0 Å². The summed E-state index contributed by atoms with van der Waals surface area (Å²) < 4.78 is 5.63. The predicted octanol–water partition coefficient (Wildman–Crippen LogP) is 5.54. The van der Waals surface area contributed by atoms with E-state index in [0.717, 1.165) is 16.8 Å². The Balaban J connectivity index is 0.00000520. The number of likely N-dealkylation sites (tertiary alicyclic amines) is 1. The Bertz CT molecular complexity index is 1750. The Labute approximate surface area is 287 Å². The standard InChI is InChI=1S/C36H43N7O4.ClH/c1-22(37-5)33(44)42-31(36(2,3)4)35(46)43-18-10-13-29(43)34(45)41-28-19-26-27(20-30(28)47-6)38-21-39-32(26)40-25-16-14-24(15-17-25)23-11-8-7-9-12-23;/h7-9,11-12,14-17,19-22,29,31,37H,10,13,18H2,1-6H3,(H,41,45)(H,42,44)(H,38,39,40);1H/t22-,29?,31+;/m0./s1. The lowest BCUT2D eigenvalue weighted by atomic mass is 9.85. The first kappa shape index (κ1) is 36.1.